The van der Waals surface area contributed by atoms with Crippen LogP contribution in [0.3, 0.4) is 0 Å². The molecule has 1 aromatic carbocycles. The number of nitrogens with one attached hydrogen (secondary N) is 1. The van der Waals surface area contributed by atoms with Gasteiger partial charge in [0, 0.05) is 44.2 Å². The summed E-state index contributed by atoms with van der Waals surface area (Å²) >= 11 is 0. The Hall–Kier alpha value is -3.28. The minimum atomic E-state index is -2.93. The van der Waals surface area contributed by atoms with E-state index in [1.54, 1.807) is 22.9 Å². The number of nitrogens with zero attached hydrogens (tertiary/aromatic N) is 5. The maximum absolute atomic E-state index is 13.9. The number of alkyl halides is 2. The molecule has 1 saturated carbocycles. The van der Waals surface area contributed by atoms with Gasteiger partial charge in [0.15, 0.2) is 0 Å². The number of likely N-dealkylation sites (tertiary alicyclic amines) is 1. The normalized spacial score (nSPS) is 24.3. The highest BCUT2D eigenvalue weighted by atomic mass is 19.3. The number of β-amino-alcohol motifs (C(OH)–C–C–N with tert-alkyl or cyclic N) is 1. The highest BCUT2D eigenvalue weighted by molar-refractivity contribution is 5.90. The van der Waals surface area contributed by atoms with Crippen LogP contribution >= 0.6 is 0 Å². The Morgan fingerprint density at radius 3 is 2.59 bits per heavy atom. The lowest BCUT2D eigenvalue weighted by molar-refractivity contribution is -0.144. The number of halogens is 2. The zero-order valence-electron chi connectivity index (χ0n) is 22.5. The van der Waals surface area contributed by atoms with E-state index in [4.69, 9.17) is 0 Å². The number of aliphatic hydroxyl groups is 1. The van der Waals surface area contributed by atoms with Crippen molar-refractivity contribution in [3.8, 4) is 5.75 Å². The molecule has 3 unspecified atom stereocenters. The summed E-state index contributed by atoms with van der Waals surface area (Å²) in [5.74, 6) is -0.144. The van der Waals surface area contributed by atoms with Crippen molar-refractivity contribution < 1.29 is 28.2 Å². The maximum atomic E-state index is 13.9. The van der Waals surface area contributed by atoms with Crippen LogP contribution < -0.4 is 15.0 Å². The Bertz CT molecular complexity index is 1200. The van der Waals surface area contributed by atoms with Crippen LogP contribution in [0.15, 0.2) is 30.5 Å². The first-order chi connectivity index (χ1) is 18.5. The monoisotopic (exact) mass is 546 g/mol. The number of para-hydroxylation sites is 2. The molecule has 0 radical (unpaired) electrons. The van der Waals surface area contributed by atoms with Crippen molar-refractivity contribution in [2.45, 2.75) is 83.2 Å². The SMILES string of the molecule is CC(C)(C)[C@@H](C(=O)N1CC(O)CC1C(=O)NC1CCN(c2ccccc2OC(F)F)C1)n1cc(C2CC2)nn1. The summed E-state index contributed by atoms with van der Waals surface area (Å²) in [7, 11) is 0. The Balaban J connectivity index is 1.27. The number of aromatic nitrogens is 3. The van der Waals surface area contributed by atoms with Gasteiger partial charge in [0.2, 0.25) is 11.8 Å². The minimum absolute atomic E-state index is 0.0583. The van der Waals surface area contributed by atoms with Gasteiger partial charge in [0.1, 0.15) is 17.8 Å². The van der Waals surface area contributed by atoms with Crippen molar-refractivity contribution in [2.24, 2.45) is 5.41 Å². The second-order valence-electron chi connectivity index (χ2n) is 11.8. The largest absolute Gasteiger partial charge is 0.433 e. The number of hydrogen-bond donors (Lipinski definition) is 2. The lowest BCUT2D eigenvalue weighted by Gasteiger charge is -2.34. The van der Waals surface area contributed by atoms with Crippen LogP contribution in [0.25, 0.3) is 0 Å². The molecule has 212 valence electrons. The maximum Gasteiger partial charge on any atom is 0.387 e. The van der Waals surface area contributed by atoms with Gasteiger partial charge in [-0.1, -0.05) is 38.1 Å². The summed E-state index contributed by atoms with van der Waals surface area (Å²) < 4.78 is 32.0. The predicted octanol–water partition coefficient (Wildman–Crippen LogP) is 2.70. The second kappa shape index (κ2) is 10.7. The first-order valence-electron chi connectivity index (χ1n) is 13.5. The quantitative estimate of drug-likeness (QED) is 0.524. The summed E-state index contributed by atoms with van der Waals surface area (Å²) in [6.45, 7) is 3.91. The summed E-state index contributed by atoms with van der Waals surface area (Å²) in [5.41, 5.74) is 0.896. The molecule has 0 spiro atoms. The van der Waals surface area contributed by atoms with Crippen molar-refractivity contribution in [1.29, 1.82) is 0 Å². The topological polar surface area (TPSA) is 113 Å². The first-order valence-corrected chi connectivity index (χ1v) is 13.5. The molecule has 2 aliphatic heterocycles. The number of benzene rings is 1. The molecule has 3 fully saturated rings. The number of amides is 2. The number of anilines is 1. The third kappa shape index (κ3) is 6.00. The van der Waals surface area contributed by atoms with Gasteiger partial charge in [-0.05, 0) is 36.8 Å². The Kier molecular flexibility index (Phi) is 7.49. The summed E-state index contributed by atoms with van der Waals surface area (Å²) in [5, 5.41) is 22.0. The lowest BCUT2D eigenvalue weighted by Crippen LogP contribution is -2.52. The van der Waals surface area contributed by atoms with E-state index >= 15 is 0 Å². The highest BCUT2D eigenvalue weighted by Gasteiger charge is 2.46. The summed E-state index contributed by atoms with van der Waals surface area (Å²) in [6.07, 6.45) is 3.89. The molecule has 10 nitrogen and oxygen atoms in total. The predicted molar refractivity (Wildman–Crippen MR) is 138 cm³/mol. The molecule has 0 bridgehead atoms. The zero-order valence-corrected chi connectivity index (χ0v) is 22.5. The van der Waals surface area contributed by atoms with Gasteiger partial charge in [-0.3, -0.25) is 9.59 Å². The zero-order chi connectivity index (χ0) is 27.9. The highest BCUT2D eigenvalue weighted by Crippen LogP contribution is 2.40. The fraction of sp³-hybridized carbons (Fsp3) is 0.630. The average molecular weight is 547 g/mol. The van der Waals surface area contributed by atoms with Gasteiger partial charge >= 0.3 is 6.61 Å². The molecule has 12 heteroatoms. The number of rotatable bonds is 8. The fourth-order valence-corrected chi connectivity index (χ4v) is 5.63. The smallest absolute Gasteiger partial charge is 0.387 e. The molecular weight excluding hydrogens is 510 g/mol. The van der Waals surface area contributed by atoms with E-state index in [1.807, 2.05) is 31.9 Å². The van der Waals surface area contributed by atoms with E-state index in [2.05, 4.69) is 20.4 Å². The molecule has 3 heterocycles. The van der Waals surface area contributed by atoms with Crippen LogP contribution in [0.2, 0.25) is 0 Å². The summed E-state index contributed by atoms with van der Waals surface area (Å²) in [4.78, 5) is 30.7. The Labute approximate surface area is 226 Å². The fourth-order valence-electron chi connectivity index (χ4n) is 5.63. The van der Waals surface area contributed by atoms with Gasteiger partial charge in [0.25, 0.3) is 0 Å². The molecule has 4 atom stereocenters. The standard InChI is InChI=1S/C27H36F2N6O4/c1-27(2,3)23(35-15-19(31-32-35)16-8-9-16)25(38)34-14-18(36)12-21(34)24(37)30-17-10-11-33(13-17)20-6-4-5-7-22(20)39-26(28)29/h4-7,15-18,21,23,26,36H,8-14H2,1-3H3,(H,30,37)/t17?,18?,21?,23-/m1/s1. The van der Waals surface area contributed by atoms with Gasteiger partial charge in [-0.2, -0.15) is 8.78 Å². The molecule has 5 rings (SSSR count). The Morgan fingerprint density at radius 2 is 1.90 bits per heavy atom. The van der Waals surface area contributed by atoms with Crippen LogP contribution in [0, 0.1) is 5.41 Å². The molecule has 2 aromatic rings. The molecule has 39 heavy (non-hydrogen) atoms. The average Bonchev–Trinajstić information content (AvgIpc) is 3.22. The van der Waals surface area contributed by atoms with Crippen molar-refractivity contribution in [2.75, 3.05) is 24.5 Å². The van der Waals surface area contributed by atoms with Gasteiger partial charge < -0.3 is 25.0 Å². The summed E-state index contributed by atoms with van der Waals surface area (Å²) in [6, 6.07) is 4.81. The Morgan fingerprint density at radius 1 is 1.15 bits per heavy atom. The molecular formula is C27H36F2N6O4. The van der Waals surface area contributed by atoms with E-state index in [-0.39, 0.29) is 36.6 Å². The van der Waals surface area contributed by atoms with Crippen LogP contribution in [-0.4, -0.2) is 81.2 Å². The number of aliphatic hydroxyl groups excluding tert-OH is 1. The van der Waals surface area contributed by atoms with Crippen LogP contribution in [0.5, 0.6) is 5.75 Å². The van der Waals surface area contributed by atoms with E-state index < -0.39 is 30.2 Å². The number of carbonyl (C=O) groups excluding carboxylic acids is 2. The molecule has 3 aliphatic rings. The molecule has 2 saturated heterocycles. The van der Waals surface area contributed by atoms with Crippen LogP contribution in [-0.2, 0) is 9.59 Å². The van der Waals surface area contributed by atoms with Gasteiger partial charge in [-0.15, -0.1) is 5.10 Å². The van der Waals surface area contributed by atoms with Crippen molar-refractivity contribution in [3.63, 3.8) is 0 Å². The van der Waals surface area contributed by atoms with Gasteiger partial charge in [0.05, 0.1) is 17.5 Å². The number of hydrogen-bond acceptors (Lipinski definition) is 7. The van der Waals surface area contributed by atoms with Crippen LogP contribution in [0.4, 0.5) is 14.5 Å². The van der Waals surface area contributed by atoms with Crippen LogP contribution in [0.1, 0.15) is 64.1 Å². The van der Waals surface area contributed by atoms with Crippen molar-refractivity contribution >= 4 is 17.5 Å². The lowest BCUT2D eigenvalue weighted by atomic mass is 9.85. The third-order valence-electron chi connectivity index (χ3n) is 7.66. The first kappa shape index (κ1) is 27.3. The van der Waals surface area contributed by atoms with Crippen molar-refractivity contribution in [3.05, 3.63) is 36.2 Å². The second-order valence-corrected chi connectivity index (χ2v) is 11.8. The minimum Gasteiger partial charge on any atom is -0.433 e. The molecule has 2 amide bonds. The van der Waals surface area contributed by atoms with E-state index in [0.29, 0.717) is 31.1 Å². The molecule has 2 N–H and O–H groups in total. The number of carbonyl (C=O) groups is 2. The van der Waals surface area contributed by atoms with Crippen molar-refractivity contribution in [1.82, 2.24) is 25.2 Å². The molecule has 1 aromatic heterocycles. The van der Waals surface area contributed by atoms with E-state index in [1.165, 1.54) is 11.0 Å². The van der Waals surface area contributed by atoms with E-state index in [9.17, 15) is 23.5 Å². The van der Waals surface area contributed by atoms with Gasteiger partial charge in [-0.25, -0.2) is 4.68 Å². The third-order valence-corrected chi connectivity index (χ3v) is 7.66. The number of ether oxygens (including phenoxy) is 1. The molecule has 1 aliphatic carbocycles. The van der Waals surface area contributed by atoms with E-state index in [0.717, 1.165) is 18.5 Å².